The van der Waals surface area contributed by atoms with Gasteiger partial charge in [0.1, 0.15) is 0 Å². The van der Waals surface area contributed by atoms with Gasteiger partial charge in [0.05, 0.1) is 13.5 Å². The average molecular weight is 656 g/mol. The zero-order valence-electron chi connectivity index (χ0n) is 28.6. The van der Waals surface area contributed by atoms with Gasteiger partial charge in [-0.1, -0.05) is 159 Å². The van der Waals surface area contributed by atoms with Crippen LogP contribution in [0.1, 0.15) is 22.3 Å². The third-order valence-corrected chi connectivity index (χ3v) is 13.2. The van der Waals surface area contributed by atoms with Crippen LogP contribution in [-0.4, -0.2) is 8.07 Å². The van der Waals surface area contributed by atoms with Crippen LogP contribution < -0.4 is 10.1 Å². The minimum atomic E-state index is -1.66. The maximum atomic E-state index is 2.47. The Hall–Kier alpha value is -5.70. The molecule has 1 spiro atoms. The van der Waals surface area contributed by atoms with E-state index in [1.165, 1.54) is 88.3 Å². The summed E-state index contributed by atoms with van der Waals surface area (Å²) in [6, 6.07) is 63.7. The number of fused-ring (bicyclic) bond motifs is 14. The van der Waals surface area contributed by atoms with Gasteiger partial charge in [-0.25, -0.2) is 0 Å². The van der Waals surface area contributed by atoms with Gasteiger partial charge in [0.25, 0.3) is 0 Å². The molecule has 1 nitrogen and oxygen atoms in total. The van der Waals surface area contributed by atoms with Gasteiger partial charge in [-0.3, -0.25) is 0 Å². The molecule has 8 aromatic carbocycles. The van der Waals surface area contributed by atoms with Crippen LogP contribution >= 0.6 is 0 Å². The van der Waals surface area contributed by atoms with Gasteiger partial charge in [-0.2, -0.15) is 0 Å². The predicted molar refractivity (Wildman–Crippen MR) is 215 cm³/mol. The molecule has 50 heavy (non-hydrogen) atoms. The second kappa shape index (κ2) is 10.6. The number of benzene rings is 8. The van der Waals surface area contributed by atoms with Crippen molar-refractivity contribution in [3.8, 4) is 22.3 Å². The smallest absolute Gasteiger partial charge is 0.0803 e. The molecule has 0 bridgehead atoms. The highest BCUT2D eigenvalue weighted by Crippen LogP contribution is 2.65. The number of hydrogen-bond acceptors (Lipinski definition) is 1. The van der Waals surface area contributed by atoms with E-state index in [2.05, 4.69) is 194 Å². The third kappa shape index (κ3) is 3.94. The lowest BCUT2D eigenvalue weighted by Crippen LogP contribution is -2.40. The Morgan fingerprint density at radius 1 is 0.440 bits per heavy atom. The van der Waals surface area contributed by atoms with E-state index >= 15 is 0 Å². The summed E-state index contributed by atoms with van der Waals surface area (Å²) in [5.74, 6) is 0. The zero-order chi connectivity index (χ0) is 33.6. The second-order valence-electron chi connectivity index (χ2n) is 14.9. The lowest BCUT2D eigenvalue weighted by atomic mass is 9.69. The van der Waals surface area contributed by atoms with Gasteiger partial charge in [-0.05, 0) is 102 Å². The van der Waals surface area contributed by atoms with Crippen molar-refractivity contribution in [3.05, 3.63) is 192 Å². The summed E-state index contributed by atoms with van der Waals surface area (Å²) in [6.45, 7) is 7.32. The molecule has 2 aliphatic carbocycles. The van der Waals surface area contributed by atoms with E-state index < -0.39 is 13.5 Å². The summed E-state index contributed by atoms with van der Waals surface area (Å²) in [4.78, 5) is 2.47. The lowest BCUT2D eigenvalue weighted by Gasteiger charge is -2.33. The largest absolute Gasteiger partial charge is 0.311 e. The molecule has 0 radical (unpaired) electrons. The monoisotopic (exact) mass is 655 g/mol. The van der Waals surface area contributed by atoms with Crippen LogP contribution in [0, 0.1) is 0 Å². The first-order valence-corrected chi connectivity index (χ1v) is 21.2. The maximum Gasteiger partial charge on any atom is 0.0803 e. The first kappa shape index (κ1) is 29.2. The molecule has 0 fully saturated rings. The Balaban J connectivity index is 1.29. The molecule has 2 heteroatoms. The minimum Gasteiger partial charge on any atom is -0.311 e. The number of anilines is 3. The molecule has 0 amide bonds. The topological polar surface area (TPSA) is 3.24 Å². The van der Waals surface area contributed by atoms with Crippen LogP contribution in [0.5, 0.6) is 0 Å². The molecule has 0 N–H and O–H groups in total. The van der Waals surface area contributed by atoms with Crippen molar-refractivity contribution in [2.75, 3.05) is 4.90 Å². The predicted octanol–water partition coefficient (Wildman–Crippen LogP) is 12.4. The van der Waals surface area contributed by atoms with E-state index in [1.807, 2.05) is 0 Å². The SMILES string of the molecule is C[Si](C)(C)c1ccccc1N(c1ccccc1)c1ccc2c3c(ccc2c1)-c1c(ccc2ccccc12)C31c2ccccc2-c2ccccc21. The molecule has 8 aromatic rings. The average Bonchev–Trinajstić information content (AvgIpc) is 3.63. The Morgan fingerprint density at radius 3 is 1.84 bits per heavy atom. The summed E-state index contributed by atoms with van der Waals surface area (Å²) in [5, 5.41) is 6.62. The lowest BCUT2D eigenvalue weighted by molar-refractivity contribution is 0.802. The molecule has 0 aliphatic heterocycles. The number of rotatable bonds is 4. The van der Waals surface area contributed by atoms with Crippen LogP contribution in [0.4, 0.5) is 17.1 Å². The summed E-state index contributed by atoms with van der Waals surface area (Å²) < 4.78 is 0. The van der Waals surface area contributed by atoms with Gasteiger partial charge in [0.15, 0.2) is 0 Å². The molecule has 0 heterocycles. The van der Waals surface area contributed by atoms with E-state index in [9.17, 15) is 0 Å². The molecule has 0 saturated heterocycles. The van der Waals surface area contributed by atoms with Gasteiger partial charge in [-0.15, -0.1) is 0 Å². The Kier molecular flexibility index (Phi) is 6.22. The van der Waals surface area contributed by atoms with E-state index in [0.717, 1.165) is 0 Å². The third-order valence-electron chi connectivity index (χ3n) is 11.2. The van der Waals surface area contributed by atoms with Crippen molar-refractivity contribution in [2.24, 2.45) is 0 Å². The summed E-state index contributed by atoms with van der Waals surface area (Å²) in [6.07, 6.45) is 0. The van der Waals surface area contributed by atoms with Gasteiger partial charge < -0.3 is 4.90 Å². The highest BCUT2D eigenvalue weighted by Gasteiger charge is 2.52. The minimum absolute atomic E-state index is 0.410. The maximum absolute atomic E-state index is 2.47. The van der Waals surface area contributed by atoms with Crippen LogP contribution in [0.2, 0.25) is 19.6 Å². The summed E-state index contributed by atoms with van der Waals surface area (Å²) >= 11 is 0. The van der Waals surface area contributed by atoms with Crippen molar-refractivity contribution in [1.82, 2.24) is 0 Å². The molecule has 10 rings (SSSR count). The molecule has 0 unspecified atom stereocenters. The molecular formula is C48H37NSi. The quantitative estimate of drug-likeness (QED) is 0.171. The van der Waals surface area contributed by atoms with Crippen molar-refractivity contribution in [2.45, 2.75) is 25.1 Å². The number of para-hydroxylation sites is 2. The Labute approximate surface area is 295 Å². The Morgan fingerprint density at radius 2 is 1.08 bits per heavy atom. The highest BCUT2D eigenvalue weighted by molar-refractivity contribution is 6.89. The zero-order valence-corrected chi connectivity index (χ0v) is 29.6. The molecule has 0 atom stereocenters. The molecule has 2 aliphatic rings. The van der Waals surface area contributed by atoms with Gasteiger partial charge in [0, 0.05) is 17.1 Å². The number of hydrogen-bond donors (Lipinski definition) is 0. The van der Waals surface area contributed by atoms with Gasteiger partial charge >= 0.3 is 0 Å². The highest BCUT2D eigenvalue weighted by atomic mass is 28.3. The molecule has 0 saturated carbocycles. The first-order chi connectivity index (χ1) is 24.5. The van der Waals surface area contributed by atoms with Crippen molar-refractivity contribution in [3.63, 3.8) is 0 Å². The van der Waals surface area contributed by atoms with Crippen LogP contribution in [0.15, 0.2) is 170 Å². The Bertz CT molecular complexity index is 2600. The number of nitrogens with zero attached hydrogens (tertiary/aromatic N) is 1. The summed E-state index contributed by atoms with van der Waals surface area (Å²) in [5.41, 5.74) is 14.1. The fourth-order valence-corrected chi connectivity index (χ4v) is 10.7. The van der Waals surface area contributed by atoms with Crippen molar-refractivity contribution in [1.29, 1.82) is 0 Å². The fraction of sp³-hybridized carbons (Fsp3) is 0.0833. The second-order valence-corrected chi connectivity index (χ2v) is 19.9. The molecular weight excluding hydrogens is 619 g/mol. The van der Waals surface area contributed by atoms with Crippen molar-refractivity contribution < 1.29 is 0 Å². The van der Waals surface area contributed by atoms with Crippen LogP contribution in [0.25, 0.3) is 43.8 Å². The first-order valence-electron chi connectivity index (χ1n) is 17.7. The van der Waals surface area contributed by atoms with Crippen LogP contribution in [0.3, 0.4) is 0 Å². The summed E-state index contributed by atoms with van der Waals surface area (Å²) in [7, 11) is -1.66. The van der Waals surface area contributed by atoms with E-state index in [1.54, 1.807) is 0 Å². The molecule has 0 aromatic heterocycles. The van der Waals surface area contributed by atoms with E-state index in [-0.39, 0.29) is 0 Å². The van der Waals surface area contributed by atoms with E-state index in [0.29, 0.717) is 0 Å². The van der Waals surface area contributed by atoms with E-state index in [4.69, 9.17) is 0 Å². The van der Waals surface area contributed by atoms with Gasteiger partial charge in [0.2, 0.25) is 0 Å². The fourth-order valence-electron chi connectivity index (χ4n) is 9.18. The standard InChI is InChI=1S/C48H37NSi/c1-50(2,3)45-24-14-13-23-44(45)49(34-16-5-4-6-17-34)35-27-29-37-33(31-35)25-28-40-46-36-18-8-7-15-32(36)26-30-43(46)48(47(37)40)41-21-11-9-19-38(41)39-20-10-12-22-42(39)48/h4-31H,1-3H3. The van der Waals surface area contributed by atoms with Crippen LogP contribution in [-0.2, 0) is 5.41 Å². The molecule has 238 valence electrons. The normalized spacial score (nSPS) is 13.7. The van der Waals surface area contributed by atoms with Crippen molar-refractivity contribution >= 4 is 51.9 Å².